The van der Waals surface area contributed by atoms with E-state index in [2.05, 4.69) is 5.32 Å². The maximum atomic E-state index is 13.5. The summed E-state index contributed by atoms with van der Waals surface area (Å²) in [7, 11) is 0. The Hall–Kier alpha value is -1.94. The Kier molecular flexibility index (Phi) is 4.69. The Morgan fingerprint density at radius 2 is 1.70 bits per heavy atom. The van der Waals surface area contributed by atoms with Crippen LogP contribution in [0.1, 0.15) is 11.1 Å². The number of alkyl halides is 1. The molecule has 2 nitrogen and oxygen atoms in total. The predicted octanol–water partition coefficient (Wildman–Crippen LogP) is 3.88. The van der Waals surface area contributed by atoms with Crippen LogP contribution >= 0.6 is 11.6 Å². The van der Waals surface area contributed by atoms with E-state index < -0.39 is 17.5 Å². The fourth-order valence-electron chi connectivity index (χ4n) is 1.81. The van der Waals surface area contributed by atoms with E-state index >= 15 is 0 Å². The van der Waals surface area contributed by atoms with Gasteiger partial charge in [-0.2, -0.15) is 0 Å². The number of nitrogens with one attached hydrogen (secondary N) is 1. The van der Waals surface area contributed by atoms with Crippen LogP contribution in [0, 0.1) is 11.6 Å². The van der Waals surface area contributed by atoms with Crippen molar-refractivity contribution in [1.29, 1.82) is 0 Å². The average molecular weight is 296 g/mol. The summed E-state index contributed by atoms with van der Waals surface area (Å²) in [5.41, 5.74) is 1.05. The third-order valence-corrected chi connectivity index (χ3v) is 3.12. The summed E-state index contributed by atoms with van der Waals surface area (Å²) in [6.07, 6.45) is -0.366. The number of hydrogen-bond acceptors (Lipinski definition) is 1. The lowest BCUT2D eigenvalue weighted by Gasteiger charge is -2.10. The first-order chi connectivity index (χ1) is 9.61. The number of amides is 1. The van der Waals surface area contributed by atoms with Gasteiger partial charge in [-0.05, 0) is 23.8 Å². The van der Waals surface area contributed by atoms with Gasteiger partial charge in [0.25, 0.3) is 0 Å². The molecular formula is C15H12ClF2NO. The van der Waals surface area contributed by atoms with Crippen LogP contribution in [0.15, 0.2) is 42.5 Å². The summed E-state index contributed by atoms with van der Waals surface area (Å²) in [5, 5.41) is 2.61. The third-order valence-electron chi connectivity index (χ3n) is 2.83. The molecule has 2 aromatic rings. The monoisotopic (exact) mass is 295 g/mol. The second kappa shape index (κ2) is 6.48. The molecule has 2 rings (SSSR count). The highest BCUT2D eigenvalue weighted by Crippen LogP contribution is 2.18. The van der Waals surface area contributed by atoms with Gasteiger partial charge in [-0.3, -0.25) is 4.79 Å². The molecule has 0 fully saturated rings. The number of carbonyl (C=O) groups is 1. The van der Waals surface area contributed by atoms with E-state index in [9.17, 15) is 13.6 Å². The Morgan fingerprint density at radius 3 is 2.35 bits per heavy atom. The van der Waals surface area contributed by atoms with Crippen molar-refractivity contribution in [2.75, 3.05) is 5.32 Å². The highest BCUT2D eigenvalue weighted by molar-refractivity contribution is 6.17. The molecule has 0 radical (unpaired) electrons. The predicted molar refractivity (Wildman–Crippen MR) is 74.7 cm³/mol. The van der Waals surface area contributed by atoms with Crippen LogP contribution < -0.4 is 5.32 Å². The first kappa shape index (κ1) is 14.5. The third kappa shape index (κ3) is 3.33. The lowest BCUT2D eigenvalue weighted by molar-refractivity contribution is -0.115. The highest BCUT2D eigenvalue weighted by atomic mass is 35.5. The molecule has 1 amide bonds. The van der Waals surface area contributed by atoms with Crippen molar-refractivity contribution < 1.29 is 13.6 Å². The number of carbonyl (C=O) groups excluding carboxylic acids is 1. The number of hydrogen-bond donors (Lipinski definition) is 1. The summed E-state index contributed by atoms with van der Waals surface area (Å²) in [5.74, 6) is -1.71. The summed E-state index contributed by atoms with van der Waals surface area (Å²) < 4.78 is 26.9. The molecule has 0 atom stereocenters. The number of para-hydroxylation sites is 1. The van der Waals surface area contributed by atoms with Crippen molar-refractivity contribution in [3.05, 3.63) is 65.2 Å². The van der Waals surface area contributed by atoms with Crippen molar-refractivity contribution in [1.82, 2.24) is 0 Å². The van der Waals surface area contributed by atoms with Crippen LogP contribution in [0.4, 0.5) is 14.5 Å². The van der Waals surface area contributed by atoms with Gasteiger partial charge < -0.3 is 5.32 Å². The smallest absolute Gasteiger partial charge is 0.229 e. The maximum absolute atomic E-state index is 13.5. The largest absolute Gasteiger partial charge is 0.326 e. The molecule has 0 heterocycles. The Bertz CT molecular complexity index is 611. The average Bonchev–Trinajstić information content (AvgIpc) is 2.44. The second-order valence-corrected chi connectivity index (χ2v) is 4.48. The number of halogens is 3. The molecule has 104 valence electrons. The lowest BCUT2D eigenvalue weighted by atomic mass is 10.1. The van der Waals surface area contributed by atoms with Crippen molar-refractivity contribution in [2.45, 2.75) is 12.3 Å². The van der Waals surface area contributed by atoms with Crippen molar-refractivity contribution >= 4 is 23.2 Å². The fraction of sp³-hybridized carbons (Fsp3) is 0.133. The van der Waals surface area contributed by atoms with E-state index in [1.165, 1.54) is 6.07 Å². The van der Waals surface area contributed by atoms with Crippen LogP contribution in [0.5, 0.6) is 0 Å². The van der Waals surface area contributed by atoms with Gasteiger partial charge in [-0.1, -0.05) is 24.3 Å². The molecule has 0 aliphatic heterocycles. The molecule has 0 aromatic heterocycles. The van der Waals surface area contributed by atoms with Gasteiger partial charge in [-0.25, -0.2) is 8.78 Å². The molecule has 0 bridgehead atoms. The number of benzene rings is 2. The topological polar surface area (TPSA) is 29.1 Å². The van der Waals surface area contributed by atoms with Gasteiger partial charge in [-0.15, -0.1) is 11.6 Å². The molecule has 5 heteroatoms. The van der Waals surface area contributed by atoms with Gasteiger partial charge in [0, 0.05) is 17.1 Å². The highest BCUT2D eigenvalue weighted by Gasteiger charge is 2.13. The molecule has 20 heavy (non-hydrogen) atoms. The van der Waals surface area contributed by atoms with Crippen molar-refractivity contribution in [3.63, 3.8) is 0 Å². The van der Waals surface area contributed by atoms with E-state index in [1.54, 1.807) is 24.3 Å². The van der Waals surface area contributed by atoms with E-state index in [1.807, 2.05) is 0 Å². The normalized spacial score (nSPS) is 10.3. The minimum atomic E-state index is -0.731. The molecule has 0 spiro atoms. The zero-order chi connectivity index (χ0) is 14.5. The Labute approximate surface area is 120 Å². The van der Waals surface area contributed by atoms with Gasteiger partial charge >= 0.3 is 0 Å². The minimum Gasteiger partial charge on any atom is -0.326 e. The number of anilines is 1. The van der Waals surface area contributed by atoms with Crippen LogP contribution in [0.25, 0.3) is 0 Å². The fourth-order valence-corrected chi connectivity index (χ4v) is 2.05. The van der Waals surface area contributed by atoms with Gasteiger partial charge in [0.1, 0.15) is 11.6 Å². The summed E-state index contributed by atoms with van der Waals surface area (Å²) >= 11 is 5.75. The molecule has 0 aliphatic carbocycles. The summed E-state index contributed by atoms with van der Waals surface area (Å²) in [6.45, 7) is 0. The van der Waals surface area contributed by atoms with Crippen LogP contribution in [0.2, 0.25) is 0 Å². The van der Waals surface area contributed by atoms with Gasteiger partial charge in [0.15, 0.2) is 0 Å². The van der Waals surface area contributed by atoms with Crippen molar-refractivity contribution in [3.8, 4) is 0 Å². The molecule has 0 saturated carbocycles. The van der Waals surface area contributed by atoms with Crippen LogP contribution in [-0.4, -0.2) is 5.91 Å². The van der Waals surface area contributed by atoms with Crippen molar-refractivity contribution in [2.24, 2.45) is 0 Å². The van der Waals surface area contributed by atoms with Crippen LogP contribution in [0.3, 0.4) is 0 Å². The second-order valence-electron chi connectivity index (χ2n) is 4.22. The molecule has 0 saturated heterocycles. The first-order valence-corrected chi connectivity index (χ1v) is 6.52. The Morgan fingerprint density at radius 1 is 1.05 bits per heavy atom. The number of rotatable bonds is 4. The zero-order valence-electron chi connectivity index (χ0n) is 10.5. The van der Waals surface area contributed by atoms with Gasteiger partial charge in [0.2, 0.25) is 5.91 Å². The maximum Gasteiger partial charge on any atom is 0.229 e. The standard InChI is InChI=1S/C15H12ClF2NO/c16-9-10-4-1-2-7-14(10)19-15(20)8-11-12(17)5-3-6-13(11)18/h1-7H,8-9H2,(H,19,20). The minimum absolute atomic E-state index is 0.241. The molecular weight excluding hydrogens is 284 g/mol. The van der Waals surface area contributed by atoms with Crippen LogP contribution in [-0.2, 0) is 17.1 Å². The molecule has 2 aromatic carbocycles. The quantitative estimate of drug-likeness (QED) is 0.852. The Balaban J connectivity index is 2.13. The summed E-state index contributed by atoms with van der Waals surface area (Å²) in [4.78, 5) is 11.9. The lowest BCUT2D eigenvalue weighted by Crippen LogP contribution is -2.17. The SMILES string of the molecule is O=C(Cc1c(F)cccc1F)Nc1ccccc1CCl. The zero-order valence-corrected chi connectivity index (χ0v) is 11.3. The molecule has 0 aliphatic rings. The van der Waals surface area contributed by atoms with E-state index in [0.29, 0.717) is 5.69 Å². The summed E-state index contributed by atoms with van der Waals surface area (Å²) in [6, 6.07) is 10.5. The first-order valence-electron chi connectivity index (χ1n) is 5.98. The van der Waals surface area contributed by atoms with Gasteiger partial charge in [0.05, 0.1) is 6.42 Å². The molecule has 1 N–H and O–H groups in total. The molecule has 0 unspecified atom stereocenters. The van der Waals surface area contributed by atoms with E-state index in [4.69, 9.17) is 11.6 Å². The van der Waals surface area contributed by atoms with E-state index in [-0.39, 0.29) is 17.9 Å². The van der Waals surface area contributed by atoms with E-state index in [0.717, 1.165) is 17.7 Å².